The van der Waals surface area contributed by atoms with Crippen LogP contribution in [-0.4, -0.2) is 27.0 Å². The Labute approximate surface area is 190 Å². The van der Waals surface area contributed by atoms with Crippen molar-refractivity contribution in [2.75, 3.05) is 11.4 Å². The fraction of sp³-hybridized carbons (Fsp3) is 0.136. The van der Waals surface area contributed by atoms with Crippen molar-refractivity contribution in [3.63, 3.8) is 0 Å². The van der Waals surface area contributed by atoms with Crippen molar-refractivity contribution in [2.45, 2.75) is 13.0 Å². The summed E-state index contributed by atoms with van der Waals surface area (Å²) in [6.45, 7) is 1.16. The molecule has 5 nitrogen and oxygen atoms in total. The summed E-state index contributed by atoms with van der Waals surface area (Å²) < 4.78 is 17.3. The number of nitrogens with zero attached hydrogens (tertiary/aromatic N) is 4. The third-order valence-corrected chi connectivity index (χ3v) is 7.61. The van der Waals surface area contributed by atoms with E-state index in [1.165, 1.54) is 34.8 Å². The van der Waals surface area contributed by atoms with E-state index in [1.54, 1.807) is 23.5 Å². The number of anilines is 1. The third kappa shape index (κ3) is 3.94. The van der Waals surface area contributed by atoms with E-state index >= 15 is 0 Å². The summed E-state index contributed by atoms with van der Waals surface area (Å²) in [5.41, 5.74) is 0.663. The molecule has 0 aliphatic rings. The van der Waals surface area contributed by atoms with Gasteiger partial charge < -0.3 is 4.57 Å². The first-order chi connectivity index (χ1) is 15.1. The highest BCUT2D eigenvalue weighted by Gasteiger charge is 2.26. The molecule has 0 fully saturated rings. The lowest BCUT2D eigenvalue weighted by atomic mass is 10.2. The van der Waals surface area contributed by atoms with Gasteiger partial charge in [-0.05, 0) is 30.7 Å². The Morgan fingerprint density at radius 1 is 1.16 bits per heavy atom. The molecule has 31 heavy (non-hydrogen) atoms. The standard InChI is InChI=1S/C22H16ClFN4OS2/c23-19-15-4-1-2-5-17(15)30-20(19)21(29)28(10-3-9-27-11-8-25-13-27)22-26-16-7-6-14(24)12-18(16)31-22/h1-2,4-8,11-13H,3,9-10H2. The molecule has 2 aromatic carbocycles. The molecular weight excluding hydrogens is 455 g/mol. The Kier molecular flexibility index (Phi) is 5.43. The van der Waals surface area contributed by atoms with Crippen LogP contribution in [-0.2, 0) is 6.54 Å². The lowest BCUT2D eigenvalue weighted by Gasteiger charge is -2.19. The van der Waals surface area contributed by atoms with Crippen molar-refractivity contribution in [1.29, 1.82) is 0 Å². The molecular formula is C22H16ClFN4OS2. The molecule has 0 saturated carbocycles. The Hall–Kier alpha value is -2.81. The Balaban J connectivity index is 1.51. The van der Waals surface area contributed by atoms with Crippen molar-refractivity contribution < 1.29 is 9.18 Å². The number of hydrogen-bond acceptors (Lipinski definition) is 5. The molecule has 0 atom stereocenters. The fourth-order valence-corrected chi connectivity index (χ4v) is 5.87. The number of thiophene rings is 1. The highest BCUT2D eigenvalue weighted by atomic mass is 35.5. The van der Waals surface area contributed by atoms with E-state index in [1.807, 2.05) is 35.0 Å². The zero-order valence-electron chi connectivity index (χ0n) is 16.2. The van der Waals surface area contributed by atoms with Gasteiger partial charge in [0.05, 0.1) is 21.6 Å². The van der Waals surface area contributed by atoms with E-state index in [0.29, 0.717) is 44.8 Å². The first kappa shape index (κ1) is 20.1. The maximum atomic E-state index is 13.7. The van der Waals surface area contributed by atoms with Gasteiger partial charge in [0, 0.05) is 35.6 Å². The summed E-state index contributed by atoms with van der Waals surface area (Å²) in [7, 11) is 0. The van der Waals surface area contributed by atoms with Crippen molar-refractivity contribution >= 4 is 65.6 Å². The number of rotatable bonds is 6. The molecule has 3 aromatic heterocycles. The second-order valence-corrected chi connectivity index (χ2v) is 9.40. The molecule has 0 saturated heterocycles. The van der Waals surface area contributed by atoms with Gasteiger partial charge in [-0.3, -0.25) is 9.69 Å². The van der Waals surface area contributed by atoms with Gasteiger partial charge in [0.15, 0.2) is 5.13 Å². The third-order valence-electron chi connectivity index (χ3n) is 4.90. The van der Waals surface area contributed by atoms with Crippen molar-refractivity contribution in [1.82, 2.24) is 14.5 Å². The Morgan fingerprint density at radius 2 is 2.03 bits per heavy atom. The lowest BCUT2D eigenvalue weighted by Crippen LogP contribution is -2.32. The topological polar surface area (TPSA) is 51.0 Å². The molecule has 9 heteroatoms. The minimum atomic E-state index is -0.326. The van der Waals surface area contributed by atoms with Gasteiger partial charge in [-0.1, -0.05) is 41.1 Å². The number of benzene rings is 2. The van der Waals surface area contributed by atoms with E-state index in [4.69, 9.17) is 11.6 Å². The number of halogens is 2. The molecule has 1 amide bonds. The summed E-state index contributed by atoms with van der Waals surface area (Å²) in [4.78, 5) is 24.4. The van der Waals surface area contributed by atoms with Crippen LogP contribution in [0.25, 0.3) is 20.3 Å². The van der Waals surface area contributed by atoms with Crippen LogP contribution in [0.2, 0.25) is 5.02 Å². The van der Waals surface area contributed by atoms with Gasteiger partial charge in [0.25, 0.3) is 5.91 Å². The first-order valence-corrected chi connectivity index (χ1v) is 11.6. The van der Waals surface area contributed by atoms with Gasteiger partial charge >= 0.3 is 0 Å². The summed E-state index contributed by atoms with van der Waals surface area (Å²) in [6.07, 6.45) is 6.06. The number of hydrogen-bond donors (Lipinski definition) is 0. The number of fused-ring (bicyclic) bond motifs is 2. The molecule has 0 radical (unpaired) electrons. The van der Waals surface area contributed by atoms with E-state index in [-0.39, 0.29) is 11.7 Å². The maximum absolute atomic E-state index is 13.7. The summed E-state index contributed by atoms with van der Waals surface area (Å²) in [5.74, 6) is -0.524. The Morgan fingerprint density at radius 3 is 2.84 bits per heavy atom. The lowest BCUT2D eigenvalue weighted by molar-refractivity contribution is 0.0990. The molecule has 0 spiro atoms. The minimum absolute atomic E-state index is 0.198. The zero-order chi connectivity index (χ0) is 21.4. The molecule has 0 bridgehead atoms. The quantitative estimate of drug-likeness (QED) is 0.295. The van der Waals surface area contributed by atoms with Gasteiger partial charge in [-0.15, -0.1) is 11.3 Å². The monoisotopic (exact) mass is 470 g/mol. The molecule has 0 N–H and O–H groups in total. The second-order valence-electron chi connectivity index (χ2n) is 6.96. The van der Waals surface area contributed by atoms with Crippen LogP contribution in [0.15, 0.2) is 61.2 Å². The molecule has 0 aliphatic carbocycles. The van der Waals surface area contributed by atoms with Crippen LogP contribution in [0.1, 0.15) is 16.1 Å². The molecule has 156 valence electrons. The molecule has 0 unspecified atom stereocenters. The minimum Gasteiger partial charge on any atom is -0.337 e. The summed E-state index contributed by atoms with van der Waals surface area (Å²) in [5, 5.41) is 1.85. The van der Waals surface area contributed by atoms with Gasteiger partial charge in [-0.2, -0.15) is 0 Å². The number of aryl methyl sites for hydroxylation is 1. The van der Waals surface area contributed by atoms with Gasteiger partial charge in [-0.25, -0.2) is 14.4 Å². The Bertz CT molecular complexity index is 1380. The van der Waals surface area contributed by atoms with Crippen LogP contribution >= 0.6 is 34.3 Å². The van der Waals surface area contributed by atoms with Crippen molar-refractivity contribution in [3.05, 3.63) is 76.9 Å². The highest BCUT2D eigenvalue weighted by Crippen LogP contribution is 2.38. The van der Waals surface area contributed by atoms with E-state index in [2.05, 4.69) is 9.97 Å². The number of carbonyl (C=O) groups is 1. The summed E-state index contributed by atoms with van der Waals surface area (Å²) in [6, 6.07) is 12.1. The van der Waals surface area contributed by atoms with Crippen LogP contribution in [0.3, 0.4) is 0 Å². The van der Waals surface area contributed by atoms with E-state index < -0.39 is 0 Å². The summed E-state index contributed by atoms with van der Waals surface area (Å²) >= 11 is 9.26. The van der Waals surface area contributed by atoms with Crippen LogP contribution in [0.4, 0.5) is 9.52 Å². The normalized spacial score (nSPS) is 11.4. The SMILES string of the molecule is O=C(c1sc2ccccc2c1Cl)N(CCCn1ccnc1)c1nc2ccc(F)cc2s1. The maximum Gasteiger partial charge on any atom is 0.271 e. The highest BCUT2D eigenvalue weighted by molar-refractivity contribution is 7.23. The number of aromatic nitrogens is 3. The molecule has 5 rings (SSSR count). The molecule has 5 aromatic rings. The van der Waals surface area contributed by atoms with Gasteiger partial charge in [0.1, 0.15) is 10.7 Å². The van der Waals surface area contributed by atoms with Gasteiger partial charge in [0.2, 0.25) is 0 Å². The average molecular weight is 471 g/mol. The smallest absolute Gasteiger partial charge is 0.271 e. The molecule has 0 aliphatic heterocycles. The largest absolute Gasteiger partial charge is 0.337 e. The zero-order valence-corrected chi connectivity index (χ0v) is 18.6. The van der Waals surface area contributed by atoms with Crippen LogP contribution < -0.4 is 4.90 Å². The fourth-order valence-electron chi connectivity index (χ4n) is 3.39. The second kappa shape index (κ2) is 8.37. The average Bonchev–Trinajstić information content (AvgIpc) is 3.50. The van der Waals surface area contributed by atoms with Crippen molar-refractivity contribution in [2.24, 2.45) is 0 Å². The number of carbonyl (C=O) groups excluding carboxylic acids is 1. The predicted octanol–water partition coefficient (Wildman–Crippen LogP) is 6.24. The van der Waals surface area contributed by atoms with Crippen LogP contribution in [0, 0.1) is 5.82 Å². The van der Waals surface area contributed by atoms with Crippen molar-refractivity contribution in [3.8, 4) is 0 Å². The van der Waals surface area contributed by atoms with E-state index in [0.717, 1.165) is 10.1 Å². The van der Waals surface area contributed by atoms with E-state index in [9.17, 15) is 9.18 Å². The first-order valence-electron chi connectivity index (χ1n) is 9.61. The predicted molar refractivity (Wildman–Crippen MR) is 125 cm³/mol. The molecule has 3 heterocycles. The number of thiazole rings is 1. The number of amides is 1. The number of imidazole rings is 1. The van der Waals surface area contributed by atoms with Crippen LogP contribution in [0.5, 0.6) is 0 Å².